The van der Waals surface area contributed by atoms with E-state index in [1.807, 2.05) is 12.1 Å². The summed E-state index contributed by atoms with van der Waals surface area (Å²) >= 11 is 0. The van der Waals surface area contributed by atoms with Crippen molar-refractivity contribution >= 4 is 11.6 Å². The minimum Gasteiger partial charge on any atom is -0.490 e. The Balaban J connectivity index is 1.99. The summed E-state index contributed by atoms with van der Waals surface area (Å²) in [6.45, 7) is 1.17. The molecule has 0 saturated carbocycles. The lowest BCUT2D eigenvalue weighted by molar-refractivity contribution is 0.0972. The topological polar surface area (TPSA) is 55.6 Å². The molecule has 108 valence electrons. The van der Waals surface area contributed by atoms with Crippen LogP contribution in [0.25, 0.3) is 0 Å². The molecule has 0 aliphatic carbocycles. The number of carbonyl (C=O) groups is 1. The molecule has 0 radical (unpaired) electrons. The minimum atomic E-state index is -0.519. The summed E-state index contributed by atoms with van der Waals surface area (Å²) in [6.07, 6.45) is 0. The summed E-state index contributed by atoms with van der Waals surface area (Å²) in [5, 5.41) is 0. The van der Waals surface area contributed by atoms with E-state index in [0.717, 1.165) is 5.56 Å². The Bertz CT molecular complexity index is 688. The van der Waals surface area contributed by atoms with Gasteiger partial charge in [0.2, 0.25) is 0 Å². The Morgan fingerprint density at radius 1 is 1.29 bits per heavy atom. The number of benzene rings is 2. The van der Waals surface area contributed by atoms with E-state index in [1.165, 1.54) is 17.0 Å². The number of hydrogen-bond acceptors (Lipinski definition) is 3. The van der Waals surface area contributed by atoms with E-state index in [4.69, 9.17) is 10.5 Å². The highest BCUT2D eigenvalue weighted by Crippen LogP contribution is 2.33. The average Bonchev–Trinajstić information content (AvgIpc) is 2.53. The van der Waals surface area contributed by atoms with Gasteiger partial charge in [-0.1, -0.05) is 18.2 Å². The van der Waals surface area contributed by atoms with E-state index in [1.54, 1.807) is 18.2 Å². The quantitative estimate of drug-likeness (QED) is 0.921. The third kappa shape index (κ3) is 2.48. The molecule has 1 aliphatic heterocycles. The molecule has 21 heavy (non-hydrogen) atoms. The maximum atomic E-state index is 13.8. The monoisotopic (exact) mass is 286 g/mol. The average molecular weight is 286 g/mol. The van der Waals surface area contributed by atoms with Gasteiger partial charge in [-0.15, -0.1) is 0 Å². The fourth-order valence-corrected chi connectivity index (χ4v) is 2.38. The first-order valence-corrected chi connectivity index (χ1v) is 6.73. The summed E-state index contributed by atoms with van der Waals surface area (Å²) in [7, 11) is 0. The van der Waals surface area contributed by atoms with Crippen molar-refractivity contribution in [3.05, 3.63) is 59.4 Å². The lowest BCUT2D eigenvalue weighted by atomic mass is 10.1. The standard InChI is InChI=1S/C16H15FN2O2/c17-13-4-2-1-3-12(13)16(20)19-7-8-21-15-9-11(10-18)5-6-14(15)19/h1-6,9H,7-8,10,18H2. The number of ether oxygens (including phenoxy) is 1. The van der Waals surface area contributed by atoms with Crippen LogP contribution in [0.15, 0.2) is 42.5 Å². The first-order chi connectivity index (χ1) is 10.2. The van der Waals surface area contributed by atoms with Crippen LogP contribution in [-0.2, 0) is 6.54 Å². The number of nitrogens with two attached hydrogens (primary N) is 1. The van der Waals surface area contributed by atoms with Gasteiger partial charge in [-0.05, 0) is 29.8 Å². The minimum absolute atomic E-state index is 0.0632. The number of rotatable bonds is 2. The van der Waals surface area contributed by atoms with Crippen LogP contribution >= 0.6 is 0 Å². The van der Waals surface area contributed by atoms with Gasteiger partial charge in [-0.2, -0.15) is 0 Å². The molecule has 0 fully saturated rings. The molecule has 0 spiro atoms. The molecule has 0 aromatic heterocycles. The van der Waals surface area contributed by atoms with Crippen LogP contribution in [0.5, 0.6) is 5.75 Å². The van der Waals surface area contributed by atoms with Crippen molar-refractivity contribution in [2.24, 2.45) is 5.73 Å². The van der Waals surface area contributed by atoms with E-state index in [0.29, 0.717) is 31.1 Å². The third-order valence-electron chi connectivity index (χ3n) is 3.47. The second-order valence-corrected chi connectivity index (χ2v) is 4.79. The number of carbonyl (C=O) groups excluding carboxylic acids is 1. The van der Waals surface area contributed by atoms with Crippen molar-refractivity contribution in [3.63, 3.8) is 0 Å². The predicted octanol–water partition coefficient (Wildman–Crippen LogP) is 2.32. The molecule has 0 unspecified atom stereocenters. The molecule has 0 atom stereocenters. The predicted molar refractivity (Wildman–Crippen MR) is 77.9 cm³/mol. The van der Waals surface area contributed by atoms with Crippen molar-refractivity contribution in [1.82, 2.24) is 0 Å². The molecule has 4 nitrogen and oxygen atoms in total. The molecule has 1 aliphatic rings. The molecule has 0 saturated heterocycles. The van der Waals surface area contributed by atoms with Gasteiger partial charge in [-0.25, -0.2) is 4.39 Å². The highest BCUT2D eigenvalue weighted by atomic mass is 19.1. The fourth-order valence-electron chi connectivity index (χ4n) is 2.38. The van der Waals surface area contributed by atoms with E-state index in [-0.39, 0.29) is 11.5 Å². The Morgan fingerprint density at radius 2 is 2.10 bits per heavy atom. The van der Waals surface area contributed by atoms with Crippen molar-refractivity contribution in [2.75, 3.05) is 18.1 Å². The van der Waals surface area contributed by atoms with E-state index >= 15 is 0 Å². The van der Waals surface area contributed by atoms with Gasteiger partial charge < -0.3 is 15.4 Å². The molecule has 1 heterocycles. The van der Waals surface area contributed by atoms with Crippen LogP contribution in [0.2, 0.25) is 0 Å². The van der Waals surface area contributed by atoms with E-state index in [2.05, 4.69) is 0 Å². The zero-order chi connectivity index (χ0) is 14.8. The maximum Gasteiger partial charge on any atom is 0.261 e. The lowest BCUT2D eigenvalue weighted by Crippen LogP contribution is -2.38. The van der Waals surface area contributed by atoms with Crippen molar-refractivity contribution in [3.8, 4) is 5.75 Å². The molecule has 2 aromatic carbocycles. The SMILES string of the molecule is NCc1ccc2c(c1)OCCN2C(=O)c1ccccc1F. The fraction of sp³-hybridized carbons (Fsp3) is 0.188. The lowest BCUT2D eigenvalue weighted by Gasteiger charge is -2.30. The van der Waals surface area contributed by atoms with Gasteiger partial charge >= 0.3 is 0 Å². The van der Waals surface area contributed by atoms with Gasteiger partial charge in [-0.3, -0.25) is 4.79 Å². The summed E-state index contributed by atoms with van der Waals surface area (Å²) in [6, 6.07) is 11.4. The van der Waals surface area contributed by atoms with Crippen LogP contribution in [0.3, 0.4) is 0 Å². The van der Waals surface area contributed by atoms with Gasteiger partial charge in [0.1, 0.15) is 18.2 Å². The van der Waals surface area contributed by atoms with Gasteiger partial charge in [0.05, 0.1) is 17.8 Å². The molecule has 2 N–H and O–H groups in total. The zero-order valence-electron chi connectivity index (χ0n) is 11.4. The molecular formula is C16H15FN2O2. The summed E-state index contributed by atoms with van der Waals surface area (Å²) in [5.41, 5.74) is 7.24. The van der Waals surface area contributed by atoms with Crippen molar-refractivity contribution < 1.29 is 13.9 Å². The van der Waals surface area contributed by atoms with Crippen LogP contribution in [0, 0.1) is 5.82 Å². The smallest absolute Gasteiger partial charge is 0.261 e. The number of anilines is 1. The maximum absolute atomic E-state index is 13.8. The van der Waals surface area contributed by atoms with Crippen LogP contribution < -0.4 is 15.4 Å². The number of hydrogen-bond donors (Lipinski definition) is 1. The zero-order valence-corrected chi connectivity index (χ0v) is 11.4. The van der Waals surface area contributed by atoms with Gasteiger partial charge in [0.15, 0.2) is 0 Å². The molecule has 5 heteroatoms. The number of halogens is 1. The summed E-state index contributed by atoms with van der Waals surface area (Å²) in [4.78, 5) is 14.1. The third-order valence-corrected chi connectivity index (χ3v) is 3.47. The Morgan fingerprint density at radius 3 is 2.86 bits per heavy atom. The molecule has 1 amide bonds. The Labute approximate surface area is 121 Å². The highest BCUT2D eigenvalue weighted by Gasteiger charge is 2.26. The first kappa shape index (κ1) is 13.6. The normalized spacial score (nSPS) is 13.5. The van der Waals surface area contributed by atoms with Gasteiger partial charge in [0.25, 0.3) is 5.91 Å². The summed E-state index contributed by atoms with van der Waals surface area (Å²) < 4.78 is 19.4. The van der Waals surface area contributed by atoms with Crippen LogP contribution in [0.1, 0.15) is 15.9 Å². The van der Waals surface area contributed by atoms with Crippen molar-refractivity contribution in [2.45, 2.75) is 6.54 Å². The molecule has 2 aromatic rings. The Hall–Kier alpha value is -2.40. The van der Waals surface area contributed by atoms with Crippen molar-refractivity contribution in [1.29, 1.82) is 0 Å². The van der Waals surface area contributed by atoms with Crippen LogP contribution in [0.4, 0.5) is 10.1 Å². The Kier molecular flexibility index (Phi) is 3.58. The first-order valence-electron chi connectivity index (χ1n) is 6.73. The molecule has 3 rings (SSSR count). The second-order valence-electron chi connectivity index (χ2n) is 4.79. The summed E-state index contributed by atoms with van der Waals surface area (Å²) in [5.74, 6) is -0.277. The highest BCUT2D eigenvalue weighted by molar-refractivity contribution is 6.07. The van der Waals surface area contributed by atoms with E-state index in [9.17, 15) is 9.18 Å². The largest absolute Gasteiger partial charge is 0.490 e. The number of fused-ring (bicyclic) bond motifs is 1. The number of amides is 1. The second kappa shape index (κ2) is 5.54. The van der Waals surface area contributed by atoms with Crippen LogP contribution in [-0.4, -0.2) is 19.1 Å². The molecular weight excluding hydrogens is 271 g/mol. The van der Waals surface area contributed by atoms with Gasteiger partial charge in [0, 0.05) is 6.54 Å². The molecule has 0 bridgehead atoms. The number of nitrogens with zero attached hydrogens (tertiary/aromatic N) is 1. The van der Waals surface area contributed by atoms with E-state index < -0.39 is 5.82 Å².